The molecule has 0 amide bonds. The number of carbonyl (C=O) groups is 1. The monoisotopic (exact) mass is 421 g/mol. The smallest absolute Gasteiger partial charge is 0.308 e. The highest BCUT2D eigenvalue weighted by molar-refractivity contribution is 7.15. The van der Waals surface area contributed by atoms with Crippen LogP contribution in [0.25, 0.3) is 11.0 Å². The zero-order valence-electron chi connectivity index (χ0n) is 15.8. The molecule has 0 aliphatic carbocycles. The van der Waals surface area contributed by atoms with Crippen molar-refractivity contribution in [3.63, 3.8) is 0 Å². The van der Waals surface area contributed by atoms with E-state index in [0.717, 1.165) is 5.56 Å². The number of hydrogen-bond acceptors (Lipinski definition) is 8. The van der Waals surface area contributed by atoms with Gasteiger partial charge in [-0.25, -0.2) is 0 Å². The first-order valence-corrected chi connectivity index (χ1v) is 9.96. The zero-order chi connectivity index (χ0) is 20.7. The fourth-order valence-corrected chi connectivity index (χ4v) is 4.03. The first kappa shape index (κ1) is 18.3. The van der Waals surface area contributed by atoms with Crippen molar-refractivity contribution in [1.29, 1.82) is 0 Å². The van der Waals surface area contributed by atoms with Gasteiger partial charge in [0.15, 0.2) is 23.4 Å². The van der Waals surface area contributed by atoms with Crippen LogP contribution in [-0.4, -0.2) is 27.2 Å². The Morgan fingerprint density at radius 2 is 2.07 bits per heavy atom. The number of benzene rings is 2. The number of rotatable bonds is 3. The summed E-state index contributed by atoms with van der Waals surface area (Å²) in [6.45, 7) is 1.61. The number of aromatic nitrogens is 3. The molecule has 8 nitrogen and oxygen atoms in total. The fourth-order valence-electron chi connectivity index (χ4n) is 3.12. The van der Waals surface area contributed by atoms with Crippen LogP contribution in [0.15, 0.2) is 53.3 Å². The normalized spacial score (nSPS) is 16.0. The van der Waals surface area contributed by atoms with Crippen molar-refractivity contribution in [2.24, 2.45) is 0 Å². The number of esters is 1. The van der Waals surface area contributed by atoms with E-state index in [4.69, 9.17) is 14.2 Å². The lowest BCUT2D eigenvalue weighted by molar-refractivity contribution is -0.131. The summed E-state index contributed by atoms with van der Waals surface area (Å²) < 4.78 is 18.5. The standard InChI is InChI=1S/C21H15N3O5S/c1-12(25)28-14-6-4-5-13(9-14)10-18-20(26)24-21(30-18)22-19(23-24)17-11-27-15-7-2-3-8-16(15)29-17/h2-10,17H,11H2,1H3. The molecule has 1 aliphatic rings. The molecule has 0 bridgehead atoms. The summed E-state index contributed by atoms with van der Waals surface area (Å²) in [6.07, 6.45) is 1.23. The topological polar surface area (TPSA) is 92.0 Å². The van der Waals surface area contributed by atoms with E-state index >= 15 is 0 Å². The second kappa shape index (κ2) is 7.27. The molecule has 0 radical (unpaired) electrons. The van der Waals surface area contributed by atoms with Gasteiger partial charge < -0.3 is 14.2 Å². The highest BCUT2D eigenvalue weighted by atomic mass is 32.1. The summed E-state index contributed by atoms with van der Waals surface area (Å²) >= 11 is 1.23. The Bertz CT molecular complexity index is 1380. The minimum absolute atomic E-state index is 0.269. The lowest BCUT2D eigenvalue weighted by atomic mass is 10.2. The molecule has 9 heteroatoms. The number of thiazole rings is 1. The second-order valence-corrected chi connectivity index (χ2v) is 7.62. The summed E-state index contributed by atoms with van der Waals surface area (Å²) in [6, 6.07) is 14.3. The van der Waals surface area contributed by atoms with E-state index in [9.17, 15) is 9.59 Å². The Morgan fingerprint density at radius 3 is 2.87 bits per heavy atom. The molecule has 0 fully saturated rings. The van der Waals surface area contributed by atoms with Crippen molar-refractivity contribution in [1.82, 2.24) is 14.6 Å². The third-order valence-corrected chi connectivity index (χ3v) is 5.37. The quantitative estimate of drug-likeness (QED) is 0.370. The molecule has 30 heavy (non-hydrogen) atoms. The summed E-state index contributed by atoms with van der Waals surface area (Å²) in [4.78, 5) is 28.8. The van der Waals surface area contributed by atoms with E-state index in [2.05, 4.69) is 10.1 Å². The largest absolute Gasteiger partial charge is 0.485 e. The Balaban J connectivity index is 1.46. The first-order chi connectivity index (χ1) is 14.6. The summed E-state index contributed by atoms with van der Waals surface area (Å²) in [5, 5.41) is 4.34. The molecule has 0 N–H and O–H groups in total. The van der Waals surface area contributed by atoms with Crippen molar-refractivity contribution in [3.8, 4) is 17.2 Å². The number of hydrogen-bond donors (Lipinski definition) is 0. The van der Waals surface area contributed by atoms with Crippen molar-refractivity contribution >= 4 is 28.3 Å². The molecule has 0 spiro atoms. The van der Waals surface area contributed by atoms with E-state index < -0.39 is 12.1 Å². The number of ether oxygens (including phenoxy) is 3. The van der Waals surface area contributed by atoms with Gasteiger partial charge in [-0.05, 0) is 35.9 Å². The maximum atomic E-state index is 12.8. The fraction of sp³-hybridized carbons (Fsp3) is 0.143. The van der Waals surface area contributed by atoms with Gasteiger partial charge in [-0.1, -0.05) is 35.6 Å². The molecule has 0 saturated heterocycles. The van der Waals surface area contributed by atoms with Crippen molar-refractivity contribution in [2.75, 3.05) is 6.61 Å². The van der Waals surface area contributed by atoms with Crippen molar-refractivity contribution in [3.05, 3.63) is 74.8 Å². The van der Waals surface area contributed by atoms with Crippen molar-refractivity contribution in [2.45, 2.75) is 13.0 Å². The molecular formula is C21H15N3O5S. The van der Waals surface area contributed by atoms with Crippen LogP contribution >= 0.6 is 11.3 Å². The predicted octanol–water partition coefficient (Wildman–Crippen LogP) is 2.14. The molecule has 0 saturated carbocycles. The number of nitrogens with zero attached hydrogens (tertiary/aromatic N) is 3. The summed E-state index contributed by atoms with van der Waals surface area (Å²) in [7, 11) is 0. The molecule has 3 heterocycles. The highest BCUT2D eigenvalue weighted by Gasteiger charge is 2.27. The average Bonchev–Trinajstić information content (AvgIpc) is 3.27. The van der Waals surface area contributed by atoms with E-state index in [1.807, 2.05) is 30.3 Å². The lowest BCUT2D eigenvalue weighted by Crippen LogP contribution is -2.26. The van der Waals surface area contributed by atoms with Gasteiger partial charge in [0.05, 0.1) is 4.53 Å². The third-order valence-electron chi connectivity index (χ3n) is 4.41. The minimum Gasteiger partial charge on any atom is -0.485 e. The Hall–Kier alpha value is -3.72. The lowest BCUT2D eigenvalue weighted by Gasteiger charge is -2.24. The van der Waals surface area contributed by atoms with E-state index in [0.29, 0.717) is 32.6 Å². The highest BCUT2D eigenvalue weighted by Crippen LogP contribution is 2.35. The molecule has 2 aromatic carbocycles. The molecule has 1 aliphatic heterocycles. The number of para-hydroxylation sites is 2. The number of carbonyl (C=O) groups excluding carboxylic acids is 1. The van der Waals surface area contributed by atoms with Crippen LogP contribution in [0.5, 0.6) is 17.2 Å². The van der Waals surface area contributed by atoms with E-state index in [-0.39, 0.29) is 12.2 Å². The zero-order valence-corrected chi connectivity index (χ0v) is 16.6. The van der Waals surface area contributed by atoms with Gasteiger partial charge in [0.25, 0.3) is 5.56 Å². The number of fused-ring (bicyclic) bond motifs is 2. The molecule has 2 aromatic heterocycles. The van der Waals surface area contributed by atoms with Crippen molar-refractivity contribution < 1.29 is 19.0 Å². The summed E-state index contributed by atoms with van der Waals surface area (Å²) in [5.41, 5.74) is 0.458. The average molecular weight is 421 g/mol. The van der Waals surface area contributed by atoms with Gasteiger partial charge in [0, 0.05) is 6.92 Å². The molecule has 5 rings (SSSR count). The maximum absolute atomic E-state index is 12.8. The molecule has 1 unspecified atom stereocenters. The summed E-state index contributed by atoms with van der Waals surface area (Å²) in [5.74, 6) is 1.71. The predicted molar refractivity (Wildman–Crippen MR) is 109 cm³/mol. The Labute approximate surface area is 174 Å². The van der Waals surface area contributed by atoms with Crippen LogP contribution in [0.2, 0.25) is 0 Å². The first-order valence-electron chi connectivity index (χ1n) is 9.15. The molecule has 150 valence electrons. The van der Waals surface area contributed by atoms with Gasteiger partial charge in [0.2, 0.25) is 4.96 Å². The molecular weight excluding hydrogens is 406 g/mol. The maximum Gasteiger partial charge on any atom is 0.308 e. The van der Waals surface area contributed by atoms with E-state index in [1.165, 1.54) is 22.8 Å². The van der Waals surface area contributed by atoms with Gasteiger partial charge in [-0.2, -0.15) is 9.50 Å². The molecule has 1 atom stereocenters. The minimum atomic E-state index is -0.487. The van der Waals surface area contributed by atoms with Crippen LogP contribution in [-0.2, 0) is 4.79 Å². The van der Waals surface area contributed by atoms with E-state index in [1.54, 1.807) is 24.3 Å². The van der Waals surface area contributed by atoms with Gasteiger partial charge in [-0.3, -0.25) is 9.59 Å². The van der Waals surface area contributed by atoms with Crippen LogP contribution in [0.1, 0.15) is 24.4 Å². The Morgan fingerprint density at radius 1 is 1.23 bits per heavy atom. The third kappa shape index (κ3) is 3.39. The Kier molecular flexibility index (Phi) is 4.44. The van der Waals surface area contributed by atoms with Gasteiger partial charge in [-0.15, -0.1) is 5.10 Å². The van der Waals surface area contributed by atoms with Gasteiger partial charge >= 0.3 is 5.97 Å². The molecule has 4 aromatic rings. The van der Waals surface area contributed by atoms with Crippen LogP contribution in [0, 0.1) is 0 Å². The van der Waals surface area contributed by atoms with Crippen LogP contribution < -0.4 is 24.3 Å². The second-order valence-electron chi connectivity index (χ2n) is 6.61. The van der Waals surface area contributed by atoms with Crippen LogP contribution in [0.4, 0.5) is 0 Å². The van der Waals surface area contributed by atoms with Crippen LogP contribution in [0.3, 0.4) is 0 Å². The SMILES string of the molecule is CC(=O)Oc1cccc(C=c2sc3nc(C4COc5ccccc5O4)nn3c2=O)c1. The van der Waals surface area contributed by atoms with Gasteiger partial charge in [0.1, 0.15) is 12.4 Å².